The summed E-state index contributed by atoms with van der Waals surface area (Å²) < 4.78 is 32.3. The quantitative estimate of drug-likeness (QED) is 0.845. The Hall–Kier alpha value is -2.09. The number of carbonyl (C=O) groups is 1. The van der Waals surface area contributed by atoms with E-state index >= 15 is 0 Å². The lowest BCUT2D eigenvalue weighted by Gasteiger charge is -2.23. The van der Waals surface area contributed by atoms with Crippen molar-refractivity contribution >= 4 is 33.2 Å². The molecule has 1 aliphatic rings. The zero-order chi connectivity index (χ0) is 18.9. The molecule has 1 N–H and O–H groups in total. The van der Waals surface area contributed by atoms with Crippen molar-refractivity contribution in [1.29, 1.82) is 0 Å². The number of nitrogens with zero attached hydrogens (tertiary/aromatic N) is 1. The second-order valence-corrected chi connectivity index (χ2v) is 8.24. The molecule has 1 heterocycles. The van der Waals surface area contributed by atoms with Crippen LogP contribution in [0.3, 0.4) is 0 Å². The lowest BCUT2D eigenvalue weighted by atomic mass is 10.1. The maximum atomic E-state index is 12.6. The molecular weight excluding hydrogens is 376 g/mol. The normalized spacial score (nSPS) is 16.4. The van der Waals surface area contributed by atoms with Crippen molar-refractivity contribution in [2.45, 2.75) is 24.3 Å². The highest BCUT2D eigenvalue weighted by atomic mass is 35.5. The fourth-order valence-corrected chi connectivity index (χ4v) is 4.41. The van der Waals surface area contributed by atoms with E-state index in [0.29, 0.717) is 5.75 Å². The Labute approximate surface area is 157 Å². The number of benzene rings is 2. The Kier molecular flexibility index (Phi) is 5.22. The molecule has 1 amide bonds. The smallest absolute Gasteiger partial charge is 0.242 e. The van der Waals surface area contributed by atoms with Crippen LogP contribution in [0.1, 0.15) is 12.5 Å². The van der Waals surface area contributed by atoms with Crippen LogP contribution >= 0.6 is 11.6 Å². The number of methoxy groups -OCH3 is 1. The molecule has 0 aromatic heterocycles. The summed E-state index contributed by atoms with van der Waals surface area (Å²) in [6, 6.07) is 11.8. The number of fused-ring (bicyclic) bond motifs is 1. The number of ether oxygens (including phenoxy) is 1. The SMILES string of the molecule is COc1ccc(S(=O)(=O)NCC(=O)N2c3ccccc3CC2C)cc1Cl. The lowest BCUT2D eigenvalue weighted by molar-refractivity contribution is -0.117. The van der Waals surface area contributed by atoms with E-state index in [1.165, 1.54) is 25.3 Å². The summed E-state index contributed by atoms with van der Waals surface area (Å²) >= 11 is 5.98. The molecule has 0 spiro atoms. The summed E-state index contributed by atoms with van der Waals surface area (Å²) in [4.78, 5) is 14.2. The van der Waals surface area contributed by atoms with Crippen molar-refractivity contribution in [3.63, 3.8) is 0 Å². The van der Waals surface area contributed by atoms with E-state index in [2.05, 4.69) is 4.72 Å². The van der Waals surface area contributed by atoms with Gasteiger partial charge < -0.3 is 9.64 Å². The van der Waals surface area contributed by atoms with Crippen LogP contribution < -0.4 is 14.4 Å². The number of halogens is 1. The summed E-state index contributed by atoms with van der Waals surface area (Å²) in [5, 5.41) is 0.184. The highest BCUT2D eigenvalue weighted by Crippen LogP contribution is 2.32. The van der Waals surface area contributed by atoms with Crippen LogP contribution in [0, 0.1) is 0 Å². The van der Waals surface area contributed by atoms with Gasteiger partial charge in [0.15, 0.2) is 0 Å². The number of hydrogen-bond acceptors (Lipinski definition) is 4. The molecule has 1 unspecified atom stereocenters. The number of anilines is 1. The van der Waals surface area contributed by atoms with Gasteiger partial charge in [0.2, 0.25) is 15.9 Å². The van der Waals surface area contributed by atoms with Crippen molar-refractivity contribution in [3.05, 3.63) is 53.1 Å². The van der Waals surface area contributed by atoms with E-state index in [-0.39, 0.29) is 28.4 Å². The minimum atomic E-state index is -3.86. The maximum absolute atomic E-state index is 12.6. The first-order chi connectivity index (χ1) is 12.3. The molecule has 0 fully saturated rings. The van der Waals surface area contributed by atoms with Crippen LogP contribution in [0.5, 0.6) is 5.75 Å². The average molecular weight is 395 g/mol. The van der Waals surface area contributed by atoms with Gasteiger partial charge in [-0.25, -0.2) is 13.1 Å². The number of rotatable bonds is 5. The third-order valence-corrected chi connectivity index (χ3v) is 6.02. The second kappa shape index (κ2) is 7.26. The summed E-state index contributed by atoms with van der Waals surface area (Å²) in [5.41, 5.74) is 1.91. The number of para-hydroxylation sites is 1. The Morgan fingerprint density at radius 2 is 2.04 bits per heavy atom. The minimum Gasteiger partial charge on any atom is -0.495 e. The van der Waals surface area contributed by atoms with Gasteiger partial charge in [-0.2, -0.15) is 0 Å². The van der Waals surface area contributed by atoms with Crippen LogP contribution in [0.25, 0.3) is 0 Å². The van der Waals surface area contributed by atoms with Gasteiger partial charge in [-0.3, -0.25) is 4.79 Å². The molecular formula is C18H19ClN2O4S. The van der Waals surface area contributed by atoms with Gasteiger partial charge in [0.1, 0.15) is 5.75 Å². The van der Waals surface area contributed by atoms with Crippen LogP contribution in [0.2, 0.25) is 5.02 Å². The number of amides is 1. The van der Waals surface area contributed by atoms with Crippen molar-refractivity contribution in [1.82, 2.24) is 4.72 Å². The van der Waals surface area contributed by atoms with E-state index in [9.17, 15) is 13.2 Å². The fourth-order valence-electron chi connectivity index (χ4n) is 3.09. The van der Waals surface area contributed by atoms with E-state index in [1.807, 2.05) is 31.2 Å². The third kappa shape index (κ3) is 3.56. The topological polar surface area (TPSA) is 75.7 Å². The van der Waals surface area contributed by atoms with Crippen molar-refractivity contribution in [2.24, 2.45) is 0 Å². The minimum absolute atomic E-state index is 0.0140. The summed E-state index contributed by atoms with van der Waals surface area (Å²) in [6.45, 7) is 1.61. The summed E-state index contributed by atoms with van der Waals surface area (Å²) in [5.74, 6) is 0.0785. The van der Waals surface area contributed by atoms with Gasteiger partial charge in [0, 0.05) is 11.7 Å². The predicted molar refractivity (Wildman–Crippen MR) is 100 cm³/mol. The molecule has 0 radical (unpaired) electrons. The van der Waals surface area contributed by atoms with Crippen LogP contribution in [0.15, 0.2) is 47.4 Å². The van der Waals surface area contributed by atoms with Crippen molar-refractivity contribution < 1.29 is 17.9 Å². The Balaban J connectivity index is 1.74. The van der Waals surface area contributed by atoms with Crippen LogP contribution in [-0.2, 0) is 21.2 Å². The summed E-state index contributed by atoms with van der Waals surface area (Å²) in [6.07, 6.45) is 0.753. The first-order valence-electron chi connectivity index (χ1n) is 8.06. The molecule has 0 aliphatic carbocycles. The lowest BCUT2D eigenvalue weighted by Crippen LogP contribution is -2.43. The number of sulfonamides is 1. The molecule has 8 heteroatoms. The molecule has 2 aromatic carbocycles. The molecule has 1 atom stereocenters. The predicted octanol–water partition coefficient (Wildman–Crippen LogP) is 2.60. The van der Waals surface area contributed by atoms with Crippen molar-refractivity contribution in [3.8, 4) is 5.75 Å². The van der Waals surface area contributed by atoms with Crippen molar-refractivity contribution in [2.75, 3.05) is 18.6 Å². The Bertz CT molecular complexity index is 946. The van der Waals surface area contributed by atoms with E-state index < -0.39 is 10.0 Å². The van der Waals surface area contributed by atoms with Crippen LogP contribution in [0.4, 0.5) is 5.69 Å². The molecule has 138 valence electrons. The highest BCUT2D eigenvalue weighted by molar-refractivity contribution is 7.89. The molecule has 0 saturated heterocycles. The molecule has 0 bridgehead atoms. The molecule has 0 saturated carbocycles. The van der Waals surface area contributed by atoms with Gasteiger partial charge in [-0.1, -0.05) is 29.8 Å². The second-order valence-electron chi connectivity index (χ2n) is 6.07. The number of carbonyl (C=O) groups excluding carboxylic acids is 1. The van der Waals surface area contributed by atoms with E-state index in [0.717, 1.165) is 17.7 Å². The molecule has 6 nitrogen and oxygen atoms in total. The Morgan fingerprint density at radius 3 is 2.73 bits per heavy atom. The van der Waals surface area contributed by atoms with E-state index in [1.54, 1.807) is 4.90 Å². The van der Waals surface area contributed by atoms with Crippen LogP contribution in [-0.4, -0.2) is 34.0 Å². The maximum Gasteiger partial charge on any atom is 0.242 e. The van der Waals surface area contributed by atoms with Gasteiger partial charge in [-0.05, 0) is 43.2 Å². The number of hydrogen-bond donors (Lipinski definition) is 1. The van der Waals surface area contributed by atoms with E-state index in [4.69, 9.17) is 16.3 Å². The first-order valence-corrected chi connectivity index (χ1v) is 9.93. The third-order valence-electron chi connectivity index (χ3n) is 4.32. The summed E-state index contributed by atoms with van der Waals surface area (Å²) in [7, 11) is -2.42. The largest absolute Gasteiger partial charge is 0.495 e. The van der Waals surface area contributed by atoms with Gasteiger partial charge in [-0.15, -0.1) is 0 Å². The van der Waals surface area contributed by atoms with Gasteiger partial charge in [0.05, 0.1) is 23.6 Å². The monoisotopic (exact) mass is 394 g/mol. The molecule has 26 heavy (non-hydrogen) atoms. The number of nitrogens with one attached hydrogen (secondary N) is 1. The molecule has 3 rings (SSSR count). The zero-order valence-corrected chi connectivity index (χ0v) is 16.0. The molecule has 2 aromatic rings. The van der Waals surface area contributed by atoms with Gasteiger partial charge >= 0.3 is 0 Å². The average Bonchev–Trinajstić information content (AvgIpc) is 2.95. The Morgan fingerprint density at radius 1 is 1.31 bits per heavy atom. The highest BCUT2D eigenvalue weighted by Gasteiger charge is 2.31. The van der Waals surface area contributed by atoms with Gasteiger partial charge in [0.25, 0.3) is 0 Å². The first kappa shape index (κ1) is 18.7. The fraction of sp³-hybridized carbons (Fsp3) is 0.278. The molecule has 1 aliphatic heterocycles. The zero-order valence-electron chi connectivity index (χ0n) is 14.4. The standard InChI is InChI=1S/C18H19ClN2O4S/c1-12-9-13-5-3-4-6-16(13)21(12)18(22)11-20-26(23,24)14-7-8-17(25-2)15(19)10-14/h3-8,10,12,20H,9,11H2,1-2H3.